The van der Waals surface area contributed by atoms with Crippen LogP contribution < -0.4 is 10.2 Å². The highest BCUT2D eigenvalue weighted by Gasteiger charge is 2.32. The van der Waals surface area contributed by atoms with Gasteiger partial charge >= 0.3 is 12.1 Å². The number of benzene rings is 2. The van der Waals surface area contributed by atoms with E-state index in [2.05, 4.69) is 21.2 Å². The maximum Gasteiger partial charge on any atom is 0.414 e. The van der Waals surface area contributed by atoms with E-state index in [1.54, 1.807) is 42.5 Å². The van der Waals surface area contributed by atoms with Crippen molar-refractivity contribution >= 4 is 56.2 Å². The Morgan fingerprint density at radius 2 is 2.00 bits per heavy atom. The van der Waals surface area contributed by atoms with E-state index in [4.69, 9.17) is 9.84 Å². The molecule has 0 aliphatic carbocycles. The topological polar surface area (TPSA) is 95.9 Å². The summed E-state index contributed by atoms with van der Waals surface area (Å²) in [7, 11) is 0. The van der Waals surface area contributed by atoms with E-state index in [0.717, 1.165) is 17.2 Å². The lowest BCUT2D eigenvalue weighted by molar-refractivity contribution is -0.131. The number of amides is 2. The smallest absolute Gasteiger partial charge is 0.414 e. The summed E-state index contributed by atoms with van der Waals surface area (Å²) in [5.74, 6) is -1.77. The molecule has 1 atom stereocenters. The second-order valence-corrected chi connectivity index (χ2v) is 7.90. The van der Waals surface area contributed by atoms with Crippen molar-refractivity contribution in [1.29, 1.82) is 0 Å². The summed E-state index contributed by atoms with van der Waals surface area (Å²) in [6.07, 6.45) is 3.04. The summed E-state index contributed by atoms with van der Waals surface area (Å²) in [6.45, 7) is 1.78. The molecule has 1 aliphatic rings. The lowest BCUT2D eigenvalue weighted by Crippen LogP contribution is -2.33. The van der Waals surface area contributed by atoms with Crippen molar-refractivity contribution in [2.45, 2.75) is 13.0 Å². The number of anilines is 1. The number of nitrogens with zero attached hydrogens (tertiary/aromatic N) is 1. The molecular formula is C23H20BrFN2O5. The molecule has 0 spiro atoms. The molecule has 0 radical (unpaired) electrons. The van der Waals surface area contributed by atoms with Crippen LogP contribution in [0.1, 0.15) is 23.6 Å². The van der Waals surface area contributed by atoms with E-state index < -0.39 is 24.0 Å². The van der Waals surface area contributed by atoms with E-state index in [0.29, 0.717) is 15.7 Å². The number of carbonyl (C=O) groups is 3. The molecule has 2 aromatic rings. The Morgan fingerprint density at radius 1 is 1.28 bits per heavy atom. The first-order valence-electron chi connectivity index (χ1n) is 9.63. The predicted octanol–water partition coefficient (Wildman–Crippen LogP) is 4.28. The van der Waals surface area contributed by atoms with Gasteiger partial charge in [-0.2, -0.15) is 0 Å². The van der Waals surface area contributed by atoms with Crippen molar-refractivity contribution in [1.82, 2.24) is 5.32 Å². The van der Waals surface area contributed by atoms with Crippen molar-refractivity contribution in [2.75, 3.05) is 18.0 Å². The van der Waals surface area contributed by atoms with Crippen LogP contribution in [0.3, 0.4) is 0 Å². The van der Waals surface area contributed by atoms with Gasteiger partial charge in [-0.25, -0.2) is 14.0 Å². The number of carboxylic acids is 1. The average molecular weight is 503 g/mol. The zero-order valence-corrected chi connectivity index (χ0v) is 18.6. The molecule has 9 heteroatoms. The Kier molecular flexibility index (Phi) is 7.42. The zero-order valence-electron chi connectivity index (χ0n) is 17.0. The minimum atomic E-state index is -1.03. The number of halogens is 2. The van der Waals surface area contributed by atoms with E-state index in [9.17, 15) is 18.8 Å². The maximum atomic E-state index is 14.7. The Hall–Kier alpha value is -3.46. The fourth-order valence-electron chi connectivity index (χ4n) is 3.04. The fourth-order valence-corrected chi connectivity index (χ4v) is 3.55. The van der Waals surface area contributed by atoms with Gasteiger partial charge in [0.25, 0.3) is 0 Å². The summed E-state index contributed by atoms with van der Waals surface area (Å²) < 4.78 is 20.6. The lowest BCUT2D eigenvalue weighted by atomic mass is 10.1. The number of hydrogen-bond acceptors (Lipinski definition) is 4. The summed E-state index contributed by atoms with van der Waals surface area (Å²) in [5.41, 5.74) is 2.18. The standard InChI is InChI=1S/C23H20BrFN2O5/c1-14(28)26-12-19-13-27(23(31)32-19)18-8-7-17(21(25)11-18)10-20(24)16-5-2-15(3-6-16)4-9-22(29)30/h2-11,19H,12-13H2,1H3,(H,26,28)(H,29,30)/b9-4+,20-10-/t19-/m0/s1. The van der Waals surface area contributed by atoms with Crippen LogP contribution in [-0.2, 0) is 14.3 Å². The molecule has 2 N–H and O–H groups in total. The molecule has 2 amide bonds. The summed E-state index contributed by atoms with van der Waals surface area (Å²) in [4.78, 5) is 35.1. The van der Waals surface area contributed by atoms with Crippen molar-refractivity contribution in [3.63, 3.8) is 0 Å². The van der Waals surface area contributed by atoms with E-state index in [-0.39, 0.29) is 19.0 Å². The number of aliphatic carboxylic acids is 1. The molecule has 1 saturated heterocycles. The van der Waals surface area contributed by atoms with Gasteiger partial charge in [0.15, 0.2) is 0 Å². The number of nitrogens with one attached hydrogen (secondary N) is 1. The van der Waals surface area contributed by atoms with Crippen LogP contribution in [0.5, 0.6) is 0 Å². The summed E-state index contributed by atoms with van der Waals surface area (Å²) in [5, 5.41) is 11.3. The fraction of sp³-hybridized carbons (Fsp3) is 0.174. The molecule has 1 aliphatic heterocycles. The van der Waals surface area contributed by atoms with Gasteiger partial charge in [0.2, 0.25) is 5.91 Å². The molecule has 7 nitrogen and oxygen atoms in total. The van der Waals surface area contributed by atoms with Gasteiger partial charge in [-0.15, -0.1) is 0 Å². The molecule has 1 heterocycles. The largest absolute Gasteiger partial charge is 0.478 e. The summed E-state index contributed by atoms with van der Waals surface area (Å²) in [6, 6.07) is 11.5. The van der Waals surface area contributed by atoms with Crippen LogP contribution in [0.15, 0.2) is 48.5 Å². The lowest BCUT2D eigenvalue weighted by Gasteiger charge is -2.14. The third-order valence-corrected chi connectivity index (χ3v) is 5.32. The first-order chi connectivity index (χ1) is 15.2. The van der Waals surface area contributed by atoms with E-state index in [1.807, 2.05) is 0 Å². The first kappa shape index (κ1) is 23.2. The van der Waals surface area contributed by atoms with Gasteiger partial charge in [-0.1, -0.05) is 40.2 Å². The third kappa shape index (κ3) is 6.04. The quantitative estimate of drug-likeness (QED) is 0.435. The second kappa shape index (κ2) is 10.2. The van der Waals surface area contributed by atoms with Gasteiger partial charge in [-0.3, -0.25) is 9.69 Å². The molecule has 2 aromatic carbocycles. The monoisotopic (exact) mass is 502 g/mol. The molecule has 0 unspecified atom stereocenters. The molecule has 3 rings (SSSR count). The molecule has 1 fully saturated rings. The molecule has 32 heavy (non-hydrogen) atoms. The minimum Gasteiger partial charge on any atom is -0.478 e. The van der Waals surface area contributed by atoms with Crippen LogP contribution in [0.2, 0.25) is 0 Å². The predicted molar refractivity (Wildman–Crippen MR) is 123 cm³/mol. The molecule has 0 bridgehead atoms. The maximum absolute atomic E-state index is 14.7. The normalized spacial score (nSPS) is 16.3. The Labute approximate surface area is 192 Å². The minimum absolute atomic E-state index is 0.193. The molecule has 0 aromatic heterocycles. The molecular weight excluding hydrogens is 483 g/mol. The number of carboxylic acid groups (broad SMARTS) is 1. The van der Waals surface area contributed by atoms with Crippen LogP contribution in [0.25, 0.3) is 16.6 Å². The SMILES string of the molecule is CC(=O)NC[C@H]1CN(c2ccc(/C=C(\Br)c3ccc(/C=C/C(=O)O)cc3)c(F)c2)C(=O)O1. The number of rotatable bonds is 7. The van der Waals surface area contributed by atoms with Crippen LogP contribution >= 0.6 is 15.9 Å². The van der Waals surface area contributed by atoms with Crippen LogP contribution in [0, 0.1) is 5.82 Å². The first-order valence-corrected chi connectivity index (χ1v) is 10.4. The van der Waals surface area contributed by atoms with Gasteiger partial charge in [0, 0.05) is 23.0 Å². The number of ether oxygens (including phenoxy) is 1. The highest BCUT2D eigenvalue weighted by Crippen LogP contribution is 2.29. The van der Waals surface area contributed by atoms with Crippen LogP contribution in [0.4, 0.5) is 14.9 Å². The highest BCUT2D eigenvalue weighted by atomic mass is 79.9. The zero-order chi connectivity index (χ0) is 23.3. The van der Waals surface area contributed by atoms with E-state index >= 15 is 0 Å². The van der Waals surface area contributed by atoms with E-state index in [1.165, 1.54) is 24.0 Å². The average Bonchev–Trinajstić information content (AvgIpc) is 3.13. The highest BCUT2D eigenvalue weighted by molar-refractivity contribution is 9.15. The van der Waals surface area contributed by atoms with Crippen molar-refractivity contribution in [2.24, 2.45) is 0 Å². The molecule has 0 saturated carbocycles. The second-order valence-electron chi connectivity index (χ2n) is 7.05. The Balaban J connectivity index is 1.72. The third-order valence-electron chi connectivity index (χ3n) is 4.64. The number of hydrogen-bond donors (Lipinski definition) is 2. The Bertz CT molecular complexity index is 1100. The van der Waals surface area contributed by atoms with Gasteiger partial charge in [0.05, 0.1) is 18.8 Å². The number of cyclic esters (lactones) is 1. The van der Waals surface area contributed by atoms with Gasteiger partial charge in [0.1, 0.15) is 11.9 Å². The van der Waals surface area contributed by atoms with Gasteiger partial charge in [-0.05, 0) is 41.5 Å². The van der Waals surface area contributed by atoms with Gasteiger partial charge < -0.3 is 15.2 Å². The summed E-state index contributed by atoms with van der Waals surface area (Å²) >= 11 is 3.44. The number of carbonyl (C=O) groups excluding carboxylic acids is 2. The van der Waals surface area contributed by atoms with Crippen LogP contribution in [-0.4, -0.2) is 42.3 Å². The molecule has 166 valence electrons. The Morgan fingerprint density at radius 3 is 2.62 bits per heavy atom. The van der Waals surface area contributed by atoms with Crippen molar-refractivity contribution in [3.05, 3.63) is 71.0 Å². The van der Waals surface area contributed by atoms with Crippen molar-refractivity contribution < 1.29 is 28.6 Å². The van der Waals surface area contributed by atoms with Crippen molar-refractivity contribution in [3.8, 4) is 0 Å².